The third-order valence-corrected chi connectivity index (χ3v) is 3.80. The van der Waals surface area contributed by atoms with E-state index in [4.69, 9.17) is 0 Å². The molecule has 3 aromatic heterocycles. The number of aryl methyl sites for hydroxylation is 1. The van der Waals surface area contributed by atoms with E-state index < -0.39 is 0 Å². The van der Waals surface area contributed by atoms with Gasteiger partial charge in [-0.25, -0.2) is 9.50 Å². The molecule has 1 aromatic carbocycles. The van der Waals surface area contributed by atoms with Crippen molar-refractivity contribution in [1.82, 2.24) is 19.6 Å². The Morgan fingerprint density at radius 3 is 2.86 bits per heavy atom. The van der Waals surface area contributed by atoms with E-state index >= 15 is 0 Å². The summed E-state index contributed by atoms with van der Waals surface area (Å²) in [6, 6.07) is 12.1. The third kappa shape index (κ3) is 2.07. The van der Waals surface area contributed by atoms with E-state index in [2.05, 4.69) is 45.5 Å². The zero-order chi connectivity index (χ0) is 14.9. The second kappa shape index (κ2) is 5.11. The fraction of sp³-hybridized carbons (Fsp3) is 0.118. The number of aromatic nitrogens is 4. The molecule has 22 heavy (non-hydrogen) atoms. The molecular weight excluding hydrogens is 274 g/mol. The lowest BCUT2D eigenvalue weighted by atomic mass is 10.1. The fourth-order valence-corrected chi connectivity index (χ4v) is 2.68. The number of anilines is 1. The van der Waals surface area contributed by atoms with Crippen LogP contribution in [0.15, 0.2) is 55.0 Å². The zero-order valence-corrected chi connectivity index (χ0v) is 12.2. The van der Waals surface area contributed by atoms with Crippen LogP contribution < -0.4 is 5.32 Å². The topological polar surface area (TPSA) is 55.1 Å². The SMILES string of the molecule is Cc1cccc2c(NCc3ccnc4ccnn34)ccnc12. The predicted octanol–water partition coefficient (Wildman–Crippen LogP) is 3.20. The minimum Gasteiger partial charge on any atom is -0.379 e. The van der Waals surface area contributed by atoms with Gasteiger partial charge in [-0.15, -0.1) is 0 Å². The summed E-state index contributed by atoms with van der Waals surface area (Å²) >= 11 is 0. The summed E-state index contributed by atoms with van der Waals surface area (Å²) in [5.41, 5.74) is 5.21. The second-order valence-electron chi connectivity index (χ2n) is 5.22. The van der Waals surface area contributed by atoms with Gasteiger partial charge in [0.05, 0.1) is 24.0 Å². The molecule has 5 nitrogen and oxygen atoms in total. The van der Waals surface area contributed by atoms with Crippen molar-refractivity contribution in [3.8, 4) is 0 Å². The van der Waals surface area contributed by atoms with Crippen molar-refractivity contribution in [2.75, 3.05) is 5.32 Å². The first-order valence-electron chi connectivity index (χ1n) is 7.19. The Morgan fingerprint density at radius 1 is 1.00 bits per heavy atom. The van der Waals surface area contributed by atoms with Crippen LogP contribution >= 0.6 is 0 Å². The molecule has 5 heteroatoms. The molecule has 0 saturated carbocycles. The number of pyridine rings is 1. The molecule has 3 heterocycles. The molecule has 0 aliphatic heterocycles. The number of rotatable bonds is 3. The maximum absolute atomic E-state index is 4.47. The maximum Gasteiger partial charge on any atom is 0.155 e. The number of hydrogen-bond donors (Lipinski definition) is 1. The van der Waals surface area contributed by atoms with Crippen LogP contribution in [0.25, 0.3) is 16.6 Å². The van der Waals surface area contributed by atoms with E-state index in [1.54, 1.807) is 6.20 Å². The predicted molar refractivity (Wildman–Crippen MR) is 86.8 cm³/mol. The number of hydrogen-bond acceptors (Lipinski definition) is 4. The molecule has 0 aliphatic carbocycles. The van der Waals surface area contributed by atoms with Gasteiger partial charge in [-0.3, -0.25) is 4.98 Å². The lowest BCUT2D eigenvalue weighted by molar-refractivity contribution is 0.854. The largest absolute Gasteiger partial charge is 0.379 e. The highest BCUT2D eigenvalue weighted by Gasteiger charge is 2.05. The summed E-state index contributed by atoms with van der Waals surface area (Å²) < 4.78 is 1.85. The van der Waals surface area contributed by atoms with E-state index in [9.17, 15) is 0 Å². The standard InChI is InChI=1S/C17H15N5/c1-12-3-2-4-14-15(6-9-19-17(12)14)20-11-13-5-8-18-16-7-10-21-22(13)16/h2-10H,11H2,1H3,(H,19,20). The molecule has 0 spiro atoms. The van der Waals surface area contributed by atoms with Crippen LogP contribution in [0.1, 0.15) is 11.3 Å². The molecule has 0 fully saturated rings. The smallest absolute Gasteiger partial charge is 0.155 e. The normalized spacial score (nSPS) is 11.1. The number of fused-ring (bicyclic) bond motifs is 2. The third-order valence-electron chi connectivity index (χ3n) is 3.80. The molecule has 0 bridgehead atoms. The molecule has 4 rings (SSSR count). The Hall–Kier alpha value is -2.95. The highest BCUT2D eigenvalue weighted by Crippen LogP contribution is 2.24. The van der Waals surface area contributed by atoms with Crippen molar-refractivity contribution >= 4 is 22.2 Å². The Kier molecular flexibility index (Phi) is 2.96. The Bertz CT molecular complexity index is 958. The monoisotopic (exact) mass is 289 g/mol. The van der Waals surface area contributed by atoms with Gasteiger partial charge in [0.25, 0.3) is 0 Å². The zero-order valence-electron chi connectivity index (χ0n) is 12.2. The van der Waals surface area contributed by atoms with Crippen molar-refractivity contribution in [1.29, 1.82) is 0 Å². The first-order valence-corrected chi connectivity index (χ1v) is 7.19. The summed E-state index contributed by atoms with van der Waals surface area (Å²) in [6.07, 6.45) is 5.41. The van der Waals surface area contributed by atoms with Gasteiger partial charge in [-0.05, 0) is 24.6 Å². The molecule has 0 aliphatic rings. The van der Waals surface area contributed by atoms with Crippen molar-refractivity contribution in [3.63, 3.8) is 0 Å². The fourth-order valence-electron chi connectivity index (χ4n) is 2.68. The van der Waals surface area contributed by atoms with Crippen molar-refractivity contribution in [3.05, 3.63) is 66.2 Å². The number of nitrogens with zero attached hydrogens (tertiary/aromatic N) is 4. The lowest BCUT2D eigenvalue weighted by Gasteiger charge is -2.11. The van der Waals surface area contributed by atoms with Gasteiger partial charge in [0, 0.05) is 29.5 Å². The van der Waals surface area contributed by atoms with Gasteiger partial charge in [0.1, 0.15) is 0 Å². The van der Waals surface area contributed by atoms with Crippen molar-refractivity contribution in [2.45, 2.75) is 13.5 Å². The molecule has 0 radical (unpaired) electrons. The highest BCUT2D eigenvalue weighted by molar-refractivity contribution is 5.92. The Balaban J connectivity index is 1.70. The second-order valence-corrected chi connectivity index (χ2v) is 5.22. The van der Waals surface area contributed by atoms with Gasteiger partial charge in [-0.1, -0.05) is 18.2 Å². The summed E-state index contributed by atoms with van der Waals surface area (Å²) in [4.78, 5) is 8.75. The Labute approximate surface area is 127 Å². The van der Waals surface area contributed by atoms with Gasteiger partial charge in [-0.2, -0.15) is 5.10 Å². The summed E-state index contributed by atoms with van der Waals surface area (Å²) in [7, 11) is 0. The number of benzene rings is 1. The average Bonchev–Trinajstić information content (AvgIpc) is 3.02. The van der Waals surface area contributed by atoms with Crippen LogP contribution in [0.5, 0.6) is 0 Å². The van der Waals surface area contributed by atoms with Crippen LogP contribution in [0, 0.1) is 6.92 Å². The molecule has 0 saturated heterocycles. The minimum atomic E-state index is 0.674. The van der Waals surface area contributed by atoms with Crippen molar-refractivity contribution in [2.24, 2.45) is 0 Å². The first-order chi connectivity index (χ1) is 10.8. The summed E-state index contributed by atoms with van der Waals surface area (Å²) in [5.74, 6) is 0. The number of nitrogens with one attached hydrogen (secondary N) is 1. The molecule has 1 N–H and O–H groups in total. The van der Waals surface area contributed by atoms with E-state index in [1.165, 1.54) is 5.56 Å². The van der Waals surface area contributed by atoms with Crippen molar-refractivity contribution < 1.29 is 0 Å². The number of para-hydroxylation sites is 1. The summed E-state index contributed by atoms with van der Waals surface area (Å²) in [5, 5.41) is 8.93. The van der Waals surface area contributed by atoms with Gasteiger partial charge < -0.3 is 5.32 Å². The molecule has 0 atom stereocenters. The quantitative estimate of drug-likeness (QED) is 0.629. The van der Waals surface area contributed by atoms with Gasteiger partial charge in [0.2, 0.25) is 0 Å². The minimum absolute atomic E-state index is 0.674. The molecular formula is C17H15N5. The van der Waals surface area contributed by atoms with Crippen LogP contribution in [0.2, 0.25) is 0 Å². The van der Waals surface area contributed by atoms with Crippen LogP contribution in [0.3, 0.4) is 0 Å². The highest BCUT2D eigenvalue weighted by atomic mass is 15.3. The first kappa shape index (κ1) is 12.8. The van der Waals surface area contributed by atoms with E-state index in [0.717, 1.165) is 27.9 Å². The molecule has 0 amide bonds. The molecule has 4 aromatic rings. The van der Waals surface area contributed by atoms with Crippen LogP contribution in [-0.2, 0) is 6.54 Å². The van der Waals surface area contributed by atoms with Crippen LogP contribution in [0.4, 0.5) is 5.69 Å². The van der Waals surface area contributed by atoms with E-state index in [-0.39, 0.29) is 0 Å². The van der Waals surface area contributed by atoms with E-state index in [0.29, 0.717) is 6.54 Å². The average molecular weight is 289 g/mol. The van der Waals surface area contributed by atoms with E-state index in [1.807, 2.05) is 35.1 Å². The molecule has 108 valence electrons. The maximum atomic E-state index is 4.47. The lowest BCUT2D eigenvalue weighted by Crippen LogP contribution is -2.07. The molecule has 0 unspecified atom stereocenters. The Morgan fingerprint density at radius 2 is 1.91 bits per heavy atom. The van der Waals surface area contributed by atoms with Gasteiger partial charge in [0.15, 0.2) is 5.65 Å². The summed E-state index contributed by atoms with van der Waals surface area (Å²) in [6.45, 7) is 2.75. The van der Waals surface area contributed by atoms with Gasteiger partial charge >= 0.3 is 0 Å². The van der Waals surface area contributed by atoms with Crippen LogP contribution in [-0.4, -0.2) is 19.6 Å².